The second-order valence-electron chi connectivity index (χ2n) is 8.39. The molecule has 0 aliphatic carbocycles. The molecule has 7 heteroatoms. The molecule has 1 fully saturated rings. The van der Waals surface area contributed by atoms with Gasteiger partial charge in [0.1, 0.15) is 0 Å². The molecular weight excluding hydrogens is 434 g/mol. The van der Waals surface area contributed by atoms with Crippen LogP contribution in [-0.4, -0.2) is 36.0 Å². The Morgan fingerprint density at radius 2 is 1.42 bits per heavy atom. The summed E-state index contributed by atoms with van der Waals surface area (Å²) >= 11 is 0. The van der Waals surface area contributed by atoms with Gasteiger partial charge in [-0.1, -0.05) is 77.5 Å². The van der Waals surface area contributed by atoms with Gasteiger partial charge in [0.25, 0.3) is 0 Å². The van der Waals surface area contributed by atoms with E-state index in [-0.39, 0.29) is 5.92 Å². The fourth-order valence-electron chi connectivity index (χ4n) is 4.16. The lowest BCUT2D eigenvalue weighted by atomic mass is 9.98. The Kier molecular flexibility index (Phi) is 5.83. The van der Waals surface area contributed by atoms with Crippen molar-refractivity contribution in [2.75, 3.05) is 13.1 Å². The van der Waals surface area contributed by atoms with E-state index in [0.717, 1.165) is 16.7 Å². The number of benzene rings is 3. The Morgan fingerprint density at radius 3 is 2.09 bits per heavy atom. The van der Waals surface area contributed by atoms with Gasteiger partial charge < -0.3 is 4.52 Å². The van der Waals surface area contributed by atoms with Gasteiger partial charge in [-0.2, -0.15) is 9.29 Å². The quantitative estimate of drug-likeness (QED) is 0.406. The van der Waals surface area contributed by atoms with Crippen LogP contribution < -0.4 is 0 Å². The minimum absolute atomic E-state index is 0.0589. The highest BCUT2D eigenvalue weighted by molar-refractivity contribution is 7.89. The number of hydrogen-bond donors (Lipinski definition) is 0. The Balaban J connectivity index is 1.25. The van der Waals surface area contributed by atoms with E-state index >= 15 is 0 Å². The number of rotatable bonds is 5. The summed E-state index contributed by atoms with van der Waals surface area (Å²) in [4.78, 5) is 4.89. The molecular formula is C26H25N3O3S. The Hall–Kier alpha value is -3.29. The molecule has 1 saturated heterocycles. The SMILES string of the molecule is Cc1ccc(-c2noc(C3CCN(S(=O)(=O)c4ccc(-c5ccccc5)cc4)CC3)n2)cc1. The number of aromatic nitrogens is 2. The van der Waals surface area contributed by atoms with Gasteiger partial charge in [-0.15, -0.1) is 0 Å². The Bertz CT molecular complexity index is 1320. The van der Waals surface area contributed by atoms with Crippen LogP contribution in [0.25, 0.3) is 22.5 Å². The third-order valence-electron chi connectivity index (χ3n) is 6.15. The molecule has 0 N–H and O–H groups in total. The molecule has 0 amide bonds. The topological polar surface area (TPSA) is 76.3 Å². The lowest BCUT2D eigenvalue weighted by Gasteiger charge is -2.29. The lowest BCUT2D eigenvalue weighted by Crippen LogP contribution is -2.37. The first kappa shape index (κ1) is 21.6. The predicted octanol–water partition coefficient (Wildman–Crippen LogP) is 5.28. The smallest absolute Gasteiger partial charge is 0.243 e. The van der Waals surface area contributed by atoms with E-state index in [9.17, 15) is 8.42 Å². The van der Waals surface area contributed by atoms with Crippen LogP contribution in [0.3, 0.4) is 0 Å². The molecule has 5 rings (SSSR count). The van der Waals surface area contributed by atoms with Gasteiger partial charge in [0.2, 0.25) is 21.7 Å². The summed E-state index contributed by atoms with van der Waals surface area (Å²) in [6, 6.07) is 25.0. The molecule has 0 atom stereocenters. The third kappa shape index (κ3) is 4.47. The number of sulfonamides is 1. The molecule has 1 aliphatic rings. The van der Waals surface area contributed by atoms with Crippen molar-refractivity contribution in [3.63, 3.8) is 0 Å². The number of aryl methyl sites for hydroxylation is 1. The van der Waals surface area contributed by atoms with Crippen molar-refractivity contribution in [2.45, 2.75) is 30.6 Å². The molecule has 0 bridgehead atoms. The van der Waals surface area contributed by atoms with Gasteiger partial charge in [0, 0.05) is 24.6 Å². The molecule has 0 spiro atoms. The van der Waals surface area contributed by atoms with Crippen LogP contribution in [0.5, 0.6) is 0 Å². The molecule has 1 aromatic heterocycles. The van der Waals surface area contributed by atoms with Crippen molar-refractivity contribution in [2.24, 2.45) is 0 Å². The largest absolute Gasteiger partial charge is 0.339 e. The molecule has 0 unspecified atom stereocenters. The zero-order valence-corrected chi connectivity index (χ0v) is 19.2. The van der Waals surface area contributed by atoms with E-state index in [1.54, 1.807) is 16.4 Å². The van der Waals surface area contributed by atoms with E-state index in [4.69, 9.17) is 4.52 Å². The molecule has 33 heavy (non-hydrogen) atoms. The highest BCUT2D eigenvalue weighted by Gasteiger charge is 2.32. The summed E-state index contributed by atoms with van der Waals surface area (Å²) in [5.41, 5.74) is 4.14. The molecule has 6 nitrogen and oxygen atoms in total. The van der Waals surface area contributed by atoms with Crippen molar-refractivity contribution in [3.8, 4) is 22.5 Å². The van der Waals surface area contributed by atoms with E-state index < -0.39 is 10.0 Å². The average molecular weight is 460 g/mol. The highest BCUT2D eigenvalue weighted by atomic mass is 32.2. The summed E-state index contributed by atoms with van der Waals surface area (Å²) < 4.78 is 33.4. The van der Waals surface area contributed by atoms with Crippen LogP contribution in [0.2, 0.25) is 0 Å². The van der Waals surface area contributed by atoms with Crippen LogP contribution in [0.15, 0.2) is 88.3 Å². The van der Waals surface area contributed by atoms with Crippen LogP contribution in [-0.2, 0) is 10.0 Å². The monoisotopic (exact) mass is 459 g/mol. The molecule has 3 aromatic carbocycles. The lowest BCUT2D eigenvalue weighted by molar-refractivity contribution is 0.271. The van der Waals surface area contributed by atoms with Gasteiger partial charge in [0.05, 0.1) is 4.90 Å². The predicted molar refractivity (Wildman–Crippen MR) is 127 cm³/mol. The standard InChI is InChI=1S/C26H25N3O3S/c1-19-7-9-22(10-8-19)25-27-26(32-28-25)23-15-17-29(18-16-23)33(30,31)24-13-11-21(12-14-24)20-5-3-2-4-6-20/h2-14,23H,15-18H2,1H3. The first-order chi connectivity index (χ1) is 16.0. The maximum Gasteiger partial charge on any atom is 0.243 e. The van der Waals surface area contributed by atoms with Crippen molar-refractivity contribution in [1.82, 2.24) is 14.4 Å². The molecule has 4 aromatic rings. The average Bonchev–Trinajstić information content (AvgIpc) is 3.36. The minimum Gasteiger partial charge on any atom is -0.339 e. The number of piperidine rings is 1. The van der Waals surface area contributed by atoms with Crippen LogP contribution in [0.4, 0.5) is 0 Å². The Morgan fingerprint density at radius 1 is 0.818 bits per heavy atom. The van der Waals surface area contributed by atoms with E-state index in [1.807, 2.05) is 73.7 Å². The van der Waals surface area contributed by atoms with E-state index in [0.29, 0.717) is 42.5 Å². The first-order valence-corrected chi connectivity index (χ1v) is 12.5. The first-order valence-electron chi connectivity index (χ1n) is 11.1. The maximum atomic E-state index is 13.2. The van der Waals surface area contributed by atoms with Crippen LogP contribution in [0, 0.1) is 6.92 Å². The van der Waals surface area contributed by atoms with Crippen LogP contribution >= 0.6 is 0 Å². The van der Waals surface area contributed by atoms with Crippen molar-refractivity contribution >= 4 is 10.0 Å². The zero-order valence-electron chi connectivity index (χ0n) is 18.4. The summed E-state index contributed by atoms with van der Waals surface area (Å²) in [7, 11) is -3.54. The summed E-state index contributed by atoms with van der Waals surface area (Å²) in [5, 5.41) is 4.12. The normalized spacial score (nSPS) is 15.5. The second kappa shape index (κ2) is 8.92. The van der Waals surface area contributed by atoms with E-state index in [1.165, 1.54) is 5.56 Å². The van der Waals surface area contributed by atoms with Gasteiger partial charge >= 0.3 is 0 Å². The third-order valence-corrected chi connectivity index (χ3v) is 8.07. The summed E-state index contributed by atoms with van der Waals surface area (Å²) in [6.07, 6.45) is 1.30. The minimum atomic E-state index is -3.54. The zero-order chi connectivity index (χ0) is 22.8. The maximum absolute atomic E-state index is 13.2. The molecule has 168 valence electrons. The molecule has 2 heterocycles. The van der Waals surface area contributed by atoms with Gasteiger partial charge in [-0.25, -0.2) is 8.42 Å². The molecule has 1 aliphatic heterocycles. The second-order valence-corrected chi connectivity index (χ2v) is 10.3. The number of hydrogen-bond acceptors (Lipinski definition) is 5. The Labute approximate surface area is 193 Å². The van der Waals surface area contributed by atoms with Crippen molar-refractivity contribution in [3.05, 3.63) is 90.3 Å². The molecule has 0 saturated carbocycles. The van der Waals surface area contributed by atoms with Gasteiger partial charge in [-0.3, -0.25) is 0 Å². The number of nitrogens with zero attached hydrogens (tertiary/aromatic N) is 3. The van der Waals surface area contributed by atoms with E-state index in [2.05, 4.69) is 10.1 Å². The van der Waals surface area contributed by atoms with Gasteiger partial charge in [0.15, 0.2) is 0 Å². The van der Waals surface area contributed by atoms with Gasteiger partial charge in [-0.05, 0) is 43.0 Å². The van der Waals surface area contributed by atoms with Crippen molar-refractivity contribution < 1.29 is 12.9 Å². The van der Waals surface area contributed by atoms with Crippen molar-refractivity contribution in [1.29, 1.82) is 0 Å². The fourth-order valence-corrected chi connectivity index (χ4v) is 5.63. The highest BCUT2D eigenvalue weighted by Crippen LogP contribution is 2.31. The summed E-state index contributed by atoms with van der Waals surface area (Å²) in [6.45, 7) is 2.89. The molecule has 0 radical (unpaired) electrons. The summed E-state index contributed by atoms with van der Waals surface area (Å²) in [5.74, 6) is 1.21. The fraction of sp³-hybridized carbons (Fsp3) is 0.231. The van der Waals surface area contributed by atoms with Crippen LogP contribution in [0.1, 0.15) is 30.2 Å².